The Kier molecular flexibility index (Phi) is 8.48. The van der Waals surface area contributed by atoms with Crippen LogP contribution in [0.5, 0.6) is 11.5 Å². The van der Waals surface area contributed by atoms with Gasteiger partial charge < -0.3 is 24.8 Å². The summed E-state index contributed by atoms with van der Waals surface area (Å²) in [5.41, 5.74) is 1.44. The fraction of sp³-hybridized carbons (Fsp3) is 0.360. The normalized spacial score (nSPS) is 14.3. The van der Waals surface area contributed by atoms with Crippen LogP contribution in [0.2, 0.25) is 0 Å². The second kappa shape index (κ2) is 12.1. The molecule has 3 heterocycles. The molecule has 1 saturated heterocycles. The van der Waals surface area contributed by atoms with Crippen LogP contribution in [0.1, 0.15) is 5.56 Å². The lowest BCUT2D eigenvalue weighted by Gasteiger charge is -2.32. The molecule has 1 aliphatic rings. The summed E-state index contributed by atoms with van der Waals surface area (Å²) in [5.74, 6) is 1.74. The summed E-state index contributed by atoms with van der Waals surface area (Å²) in [4.78, 5) is 30.4. The predicted molar refractivity (Wildman–Crippen MR) is 136 cm³/mol. The molecule has 11 nitrogen and oxygen atoms in total. The zero-order valence-electron chi connectivity index (χ0n) is 20.5. The smallest absolute Gasteiger partial charge is 0.413 e. The summed E-state index contributed by atoms with van der Waals surface area (Å²) in [6.07, 6.45) is 3.65. The van der Waals surface area contributed by atoms with Crippen LogP contribution >= 0.6 is 0 Å². The lowest BCUT2D eigenvalue weighted by atomic mass is 10.2. The molecule has 1 fully saturated rings. The summed E-state index contributed by atoms with van der Waals surface area (Å²) in [6, 6.07) is 10.6. The molecule has 4 rings (SSSR count). The zero-order valence-corrected chi connectivity index (χ0v) is 20.5. The average molecular weight is 494 g/mol. The molecule has 2 N–H and O–H groups in total. The molecule has 36 heavy (non-hydrogen) atoms. The second-order valence-electron chi connectivity index (χ2n) is 8.45. The van der Waals surface area contributed by atoms with E-state index in [-0.39, 0.29) is 18.3 Å². The van der Waals surface area contributed by atoms with Crippen molar-refractivity contribution in [2.45, 2.75) is 6.54 Å². The maximum atomic E-state index is 11.9. The Morgan fingerprint density at radius 2 is 1.97 bits per heavy atom. The quantitative estimate of drug-likeness (QED) is 0.437. The maximum Gasteiger partial charge on any atom is 0.413 e. The van der Waals surface area contributed by atoms with Crippen LogP contribution in [-0.2, 0) is 6.54 Å². The van der Waals surface area contributed by atoms with Crippen LogP contribution in [-0.4, -0.2) is 89.4 Å². The molecule has 1 aliphatic heterocycles. The zero-order chi connectivity index (χ0) is 25.3. The number of carbonyl (C=O) groups is 1. The highest BCUT2D eigenvalue weighted by Gasteiger charge is 2.18. The first kappa shape index (κ1) is 25.1. The minimum absolute atomic E-state index is 0.119. The van der Waals surface area contributed by atoms with E-state index in [9.17, 15) is 9.90 Å². The molecule has 1 aromatic carbocycles. The molecule has 3 aromatic rings. The van der Waals surface area contributed by atoms with E-state index in [2.05, 4.69) is 37.1 Å². The lowest BCUT2D eigenvalue weighted by Crippen LogP contribution is -2.45. The summed E-state index contributed by atoms with van der Waals surface area (Å²) in [7, 11) is 3.73. The fourth-order valence-electron chi connectivity index (χ4n) is 3.83. The predicted octanol–water partition coefficient (Wildman–Crippen LogP) is 2.93. The number of piperazine rings is 1. The molecular weight excluding hydrogens is 462 g/mol. The van der Waals surface area contributed by atoms with Gasteiger partial charge in [0.2, 0.25) is 5.95 Å². The Hall–Kier alpha value is -3.96. The highest BCUT2D eigenvalue weighted by Crippen LogP contribution is 2.31. The first-order valence-electron chi connectivity index (χ1n) is 11.7. The van der Waals surface area contributed by atoms with Crippen molar-refractivity contribution < 1.29 is 19.4 Å². The van der Waals surface area contributed by atoms with Crippen molar-refractivity contribution in [3.8, 4) is 11.5 Å². The van der Waals surface area contributed by atoms with Crippen LogP contribution in [0.15, 0.2) is 55.0 Å². The largest absolute Gasteiger partial charge is 0.493 e. The van der Waals surface area contributed by atoms with E-state index in [1.165, 1.54) is 6.20 Å². The van der Waals surface area contributed by atoms with Crippen LogP contribution in [0, 0.1) is 0 Å². The third-order valence-electron chi connectivity index (χ3n) is 5.89. The Balaban J connectivity index is 1.40. The Bertz CT molecular complexity index is 1140. The minimum atomic E-state index is -1.12. The van der Waals surface area contributed by atoms with E-state index >= 15 is 0 Å². The van der Waals surface area contributed by atoms with Gasteiger partial charge in [-0.25, -0.2) is 9.78 Å². The molecule has 0 atom stereocenters. The number of methoxy groups -OCH3 is 1. The van der Waals surface area contributed by atoms with Crippen molar-refractivity contribution in [2.24, 2.45) is 0 Å². The molecule has 0 spiro atoms. The number of nitrogens with zero attached hydrogens (tertiary/aromatic N) is 6. The van der Waals surface area contributed by atoms with Crippen molar-refractivity contribution >= 4 is 23.5 Å². The topological polar surface area (TPSA) is 116 Å². The summed E-state index contributed by atoms with van der Waals surface area (Å²) >= 11 is 0. The lowest BCUT2D eigenvalue weighted by molar-refractivity contribution is 0.133. The molecule has 0 unspecified atom stereocenters. The third kappa shape index (κ3) is 6.80. The van der Waals surface area contributed by atoms with E-state index in [0.29, 0.717) is 23.8 Å². The van der Waals surface area contributed by atoms with Crippen LogP contribution in [0.4, 0.5) is 22.2 Å². The minimum Gasteiger partial charge on any atom is -0.493 e. The number of amides is 1. The number of nitrogens with one attached hydrogen (secondary N) is 1. The standard InChI is InChI=1S/C25H31N7O4/c1-30-10-12-31(13-11-30)14-15-36-21-6-5-20(16-22(21)35-2)28-24-27-9-7-23(29-24)32(25(33)34)18-19-4-3-8-26-17-19/h3-9,16-17H,10-15,18H2,1-2H3,(H,33,34)(H,27,28,29). The van der Waals surface area contributed by atoms with E-state index in [1.54, 1.807) is 37.7 Å². The van der Waals surface area contributed by atoms with Crippen molar-refractivity contribution in [3.63, 3.8) is 0 Å². The van der Waals surface area contributed by atoms with Crippen molar-refractivity contribution in [1.29, 1.82) is 0 Å². The van der Waals surface area contributed by atoms with Gasteiger partial charge in [0.25, 0.3) is 0 Å². The van der Waals surface area contributed by atoms with Gasteiger partial charge in [0.05, 0.1) is 13.7 Å². The van der Waals surface area contributed by atoms with Gasteiger partial charge in [-0.15, -0.1) is 0 Å². The van der Waals surface area contributed by atoms with Crippen molar-refractivity contribution in [3.05, 3.63) is 60.6 Å². The Labute approximate surface area is 210 Å². The number of likely N-dealkylation sites (N-methyl/N-ethyl adjacent to an activating group) is 1. The van der Waals surface area contributed by atoms with Gasteiger partial charge in [-0.1, -0.05) is 6.07 Å². The number of benzene rings is 1. The molecule has 1 amide bonds. The molecule has 0 saturated carbocycles. The Morgan fingerprint density at radius 3 is 2.69 bits per heavy atom. The summed E-state index contributed by atoms with van der Waals surface area (Å²) in [5, 5.41) is 12.8. The van der Waals surface area contributed by atoms with Crippen LogP contribution in [0.3, 0.4) is 0 Å². The van der Waals surface area contributed by atoms with Gasteiger partial charge in [0.15, 0.2) is 11.5 Å². The number of hydrogen-bond donors (Lipinski definition) is 2. The van der Waals surface area contributed by atoms with Crippen LogP contribution in [0.25, 0.3) is 0 Å². The fourth-order valence-corrected chi connectivity index (χ4v) is 3.83. The highest BCUT2D eigenvalue weighted by molar-refractivity contribution is 5.84. The average Bonchev–Trinajstić information content (AvgIpc) is 2.89. The highest BCUT2D eigenvalue weighted by atomic mass is 16.5. The Morgan fingerprint density at radius 1 is 1.14 bits per heavy atom. The van der Waals surface area contributed by atoms with E-state index in [4.69, 9.17) is 9.47 Å². The molecule has 0 radical (unpaired) electrons. The second-order valence-corrected chi connectivity index (χ2v) is 8.45. The summed E-state index contributed by atoms with van der Waals surface area (Å²) in [6.45, 7) is 5.77. The van der Waals surface area contributed by atoms with Crippen molar-refractivity contribution in [1.82, 2.24) is 24.8 Å². The molecule has 11 heteroatoms. The van der Waals surface area contributed by atoms with Crippen molar-refractivity contribution in [2.75, 3.05) is 63.7 Å². The number of hydrogen-bond acceptors (Lipinski definition) is 9. The number of pyridine rings is 1. The molecule has 190 valence electrons. The molecule has 0 bridgehead atoms. The van der Waals surface area contributed by atoms with Gasteiger partial charge in [0, 0.05) is 63.1 Å². The third-order valence-corrected chi connectivity index (χ3v) is 5.89. The maximum absolute atomic E-state index is 11.9. The van der Waals surface area contributed by atoms with E-state index < -0.39 is 6.09 Å². The number of carboxylic acid groups (broad SMARTS) is 1. The van der Waals surface area contributed by atoms with Gasteiger partial charge in [0.1, 0.15) is 12.4 Å². The SMILES string of the molecule is COc1cc(Nc2nccc(N(Cc3cccnc3)C(=O)O)n2)ccc1OCCN1CCN(C)CC1. The monoisotopic (exact) mass is 493 g/mol. The van der Waals surface area contributed by atoms with Crippen LogP contribution < -0.4 is 19.7 Å². The van der Waals surface area contributed by atoms with Gasteiger partial charge >= 0.3 is 6.09 Å². The number of ether oxygens (including phenoxy) is 2. The first-order valence-corrected chi connectivity index (χ1v) is 11.7. The first-order chi connectivity index (χ1) is 17.5. The van der Waals surface area contributed by atoms with Gasteiger partial charge in [-0.3, -0.25) is 14.8 Å². The van der Waals surface area contributed by atoms with E-state index in [1.807, 2.05) is 18.2 Å². The number of aromatic nitrogens is 3. The van der Waals surface area contributed by atoms with Gasteiger partial charge in [-0.2, -0.15) is 4.98 Å². The molecule has 2 aromatic heterocycles. The summed E-state index contributed by atoms with van der Waals surface area (Å²) < 4.78 is 11.5. The number of anilines is 3. The van der Waals surface area contributed by atoms with Gasteiger partial charge in [-0.05, 0) is 36.9 Å². The van der Waals surface area contributed by atoms with E-state index in [0.717, 1.165) is 43.2 Å². The molecular formula is C25H31N7O4. The number of rotatable bonds is 10. The molecule has 0 aliphatic carbocycles.